The smallest absolute Gasteiger partial charge is 0.137 e. The van der Waals surface area contributed by atoms with Crippen molar-refractivity contribution in [2.45, 2.75) is 44.8 Å². The van der Waals surface area contributed by atoms with Gasteiger partial charge in [0.2, 0.25) is 0 Å². The highest BCUT2D eigenvalue weighted by Gasteiger charge is 2.36. The molecule has 0 saturated carbocycles. The van der Waals surface area contributed by atoms with Crippen LogP contribution in [0.15, 0.2) is 40.9 Å². The Balaban J connectivity index is 1.22. The van der Waals surface area contributed by atoms with E-state index < -0.39 is 0 Å². The van der Waals surface area contributed by atoms with Gasteiger partial charge < -0.3 is 14.5 Å². The van der Waals surface area contributed by atoms with Crippen molar-refractivity contribution in [2.24, 2.45) is 5.92 Å². The van der Waals surface area contributed by atoms with E-state index in [1.54, 1.807) is 0 Å². The molecule has 5 heteroatoms. The molecule has 2 fully saturated rings. The summed E-state index contributed by atoms with van der Waals surface area (Å²) in [5, 5.41) is 14.5. The van der Waals surface area contributed by atoms with Crippen LogP contribution < -0.4 is 0 Å². The normalized spacial score (nSPS) is 25.3. The fraction of sp³-hybridized carbons (Fsp3) is 0.591. The number of β-amino-alcohol motifs (C(OH)–C–C–N with tert-alkyl or cyclic N) is 1. The zero-order valence-corrected chi connectivity index (χ0v) is 16.3. The second-order valence-electron chi connectivity index (χ2n) is 8.23. The van der Waals surface area contributed by atoms with Crippen LogP contribution in [0.3, 0.4) is 0 Å². The van der Waals surface area contributed by atoms with Gasteiger partial charge in [-0.05, 0) is 44.8 Å². The minimum absolute atomic E-state index is 0.258. The fourth-order valence-corrected chi connectivity index (χ4v) is 4.60. The lowest BCUT2D eigenvalue weighted by Gasteiger charge is -2.36. The molecule has 0 amide bonds. The summed E-state index contributed by atoms with van der Waals surface area (Å²) >= 11 is 0. The summed E-state index contributed by atoms with van der Waals surface area (Å²) in [6, 6.07) is 13.3. The molecule has 2 aliphatic rings. The number of aromatic nitrogens is 1. The molecular weight excluding hydrogens is 338 g/mol. The van der Waals surface area contributed by atoms with Gasteiger partial charge in [0, 0.05) is 44.1 Å². The molecular formula is C22H31N3O2. The molecule has 1 N–H and O–H groups in total. The molecule has 0 spiro atoms. The Morgan fingerprint density at radius 2 is 1.93 bits per heavy atom. The van der Waals surface area contributed by atoms with Crippen LogP contribution in [0.4, 0.5) is 0 Å². The Morgan fingerprint density at radius 3 is 2.63 bits per heavy atom. The number of hydrogen-bond acceptors (Lipinski definition) is 5. The first-order valence-electron chi connectivity index (χ1n) is 10.3. The molecule has 2 aliphatic heterocycles. The van der Waals surface area contributed by atoms with E-state index in [2.05, 4.69) is 45.3 Å². The van der Waals surface area contributed by atoms with Crippen molar-refractivity contribution in [3.05, 3.63) is 53.4 Å². The molecule has 2 aromatic rings. The van der Waals surface area contributed by atoms with Gasteiger partial charge in [0.15, 0.2) is 0 Å². The molecule has 2 saturated heterocycles. The zero-order chi connectivity index (χ0) is 18.6. The van der Waals surface area contributed by atoms with E-state index in [0.29, 0.717) is 6.04 Å². The van der Waals surface area contributed by atoms with E-state index in [4.69, 9.17) is 4.52 Å². The molecule has 1 aromatic carbocycles. The van der Waals surface area contributed by atoms with Crippen LogP contribution in [0, 0.1) is 12.8 Å². The van der Waals surface area contributed by atoms with Gasteiger partial charge >= 0.3 is 0 Å². The maximum absolute atomic E-state index is 10.5. The maximum Gasteiger partial charge on any atom is 0.137 e. The molecule has 4 rings (SSSR count). The number of aliphatic hydroxyl groups excluding tert-OH is 1. The SMILES string of the molecule is Cc1cc(C[C@@H]2CN(C3CCN(CCc4ccccc4)CC3)C[C@@H]2O)on1. The molecule has 2 atom stereocenters. The molecule has 27 heavy (non-hydrogen) atoms. The first-order valence-corrected chi connectivity index (χ1v) is 10.3. The third kappa shape index (κ3) is 4.78. The van der Waals surface area contributed by atoms with Gasteiger partial charge in [-0.2, -0.15) is 0 Å². The molecule has 1 aromatic heterocycles. The third-order valence-electron chi connectivity index (χ3n) is 6.21. The van der Waals surface area contributed by atoms with Crippen molar-refractivity contribution >= 4 is 0 Å². The van der Waals surface area contributed by atoms with Gasteiger partial charge in [-0.1, -0.05) is 35.5 Å². The monoisotopic (exact) mass is 369 g/mol. The standard InChI is InChI=1S/C22H31N3O2/c1-17-13-21(27-23-17)14-19-15-25(16-22(19)26)20-8-11-24(12-9-20)10-7-18-5-3-2-4-6-18/h2-6,13,19-20,22,26H,7-12,14-16H2,1H3/t19-,22+/m1/s1. The summed E-state index contributed by atoms with van der Waals surface area (Å²) in [7, 11) is 0. The van der Waals surface area contributed by atoms with E-state index in [-0.39, 0.29) is 12.0 Å². The van der Waals surface area contributed by atoms with Crippen LogP contribution in [-0.2, 0) is 12.8 Å². The number of nitrogens with zero attached hydrogens (tertiary/aromatic N) is 3. The largest absolute Gasteiger partial charge is 0.391 e. The first kappa shape index (κ1) is 18.7. The highest BCUT2D eigenvalue weighted by molar-refractivity contribution is 5.15. The molecule has 5 nitrogen and oxygen atoms in total. The summed E-state index contributed by atoms with van der Waals surface area (Å²) < 4.78 is 5.35. The van der Waals surface area contributed by atoms with Crippen molar-refractivity contribution in [3.63, 3.8) is 0 Å². The Hall–Kier alpha value is -1.69. The van der Waals surface area contributed by atoms with Gasteiger partial charge in [-0.25, -0.2) is 0 Å². The van der Waals surface area contributed by atoms with Crippen molar-refractivity contribution in [1.82, 2.24) is 15.0 Å². The van der Waals surface area contributed by atoms with Crippen LogP contribution in [0.1, 0.15) is 29.9 Å². The van der Waals surface area contributed by atoms with Gasteiger partial charge in [-0.15, -0.1) is 0 Å². The number of piperidine rings is 1. The van der Waals surface area contributed by atoms with Crippen molar-refractivity contribution in [1.29, 1.82) is 0 Å². The lowest BCUT2D eigenvalue weighted by Crippen LogP contribution is -2.44. The zero-order valence-electron chi connectivity index (χ0n) is 16.3. The lowest BCUT2D eigenvalue weighted by atomic mass is 10.00. The minimum Gasteiger partial charge on any atom is -0.391 e. The Morgan fingerprint density at radius 1 is 1.15 bits per heavy atom. The fourth-order valence-electron chi connectivity index (χ4n) is 4.60. The average molecular weight is 370 g/mol. The van der Waals surface area contributed by atoms with Gasteiger partial charge in [-0.3, -0.25) is 4.90 Å². The van der Waals surface area contributed by atoms with Crippen LogP contribution >= 0.6 is 0 Å². The highest BCUT2D eigenvalue weighted by atomic mass is 16.5. The summed E-state index contributed by atoms with van der Waals surface area (Å²) in [6.45, 7) is 7.18. The Kier molecular flexibility index (Phi) is 5.91. The number of likely N-dealkylation sites (tertiary alicyclic amines) is 2. The summed E-state index contributed by atoms with van der Waals surface area (Å²) in [6.07, 6.45) is 4.07. The highest BCUT2D eigenvalue weighted by Crippen LogP contribution is 2.27. The summed E-state index contributed by atoms with van der Waals surface area (Å²) in [4.78, 5) is 5.10. The Labute approximate surface area is 162 Å². The number of rotatable bonds is 6. The van der Waals surface area contributed by atoms with Crippen molar-refractivity contribution in [3.8, 4) is 0 Å². The summed E-state index contributed by atoms with van der Waals surface area (Å²) in [5.41, 5.74) is 2.34. The lowest BCUT2D eigenvalue weighted by molar-refractivity contribution is 0.107. The van der Waals surface area contributed by atoms with Crippen molar-refractivity contribution < 1.29 is 9.63 Å². The first-order chi connectivity index (χ1) is 13.2. The van der Waals surface area contributed by atoms with Crippen LogP contribution in [0.2, 0.25) is 0 Å². The summed E-state index contributed by atoms with van der Waals surface area (Å²) in [5.74, 6) is 1.16. The van der Waals surface area contributed by atoms with Crippen LogP contribution in [0.5, 0.6) is 0 Å². The van der Waals surface area contributed by atoms with E-state index in [1.165, 1.54) is 18.4 Å². The number of hydrogen-bond donors (Lipinski definition) is 1. The molecule has 146 valence electrons. The second kappa shape index (κ2) is 8.55. The molecule has 0 unspecified atom stereocenters. The third-order valence-corrected chi connectivity index (χ3v) is 6.21. The van der Waals surface area contributed by atoms with E-state index in [0.717, 1.165) is 57.0 Å². The predicted molar refractivity (Wildman–Crippen MR) is 106 cm³/mol. The van der Waals surface area contributed by atoms with E-state index in [1.807, 2.05) is 13.0 Å². The van der Waals surface area contributed by atoms with Crippen LogP contribution in [0.25, 0.3) is 0 Å². The number of benzene rings is 1. The topological polar surface area (TPSA) is 52.7 Å². The van der Waals surface area contributed by atoms with Crippen LogP contribution in [-0.4, -0.2) is 64.9 Å². The molecule has 0 bridgehead atoms. The number of aliphatic hydroxyl groups is 1. The predicted octanol–water partition coefficient (Wildman–Crippen LogP) is 2.53. The minimum atomic E-state index is -0.258. The molecule has 0 aliphatic carbocycles. The Bertz CT molecular complexity index is 709. The second-order valence-corrected chi connectivity index (χ2v) is 8.23. The van der Waals surface area contributed by atoms with Gasteiger partial charge in [0.05, 0.1) is 11.8 Å². The van der Waals surface area contributed by atoms with Gasteiger partial charge in [0.25, 0.3) is 0 Å². The maximum atomic E-state index is 10.5. The quantitative estimate of drug-likeness (QED) is 0.848. The van der Waals surface area contributed by atoms with Crippen molar-refractivity contribution in [2.75, 3.05) is 32.7 Å². The number of aryl methyl sites for hydroxylation is 1. The molecule has 3 heterocycles. The van der Waals surface area contributed by atoms with E-state index >= 15 is 0 Å². The van der Waals surface area contributed by atoms with Gasteiger partial charge in [0.1, 0.15) is 5.76 Å². The average Bonchev–Trinajstić information content (AvgIpc) is 3.27. The van der Waals surface area contributed by atoms with E-state index in [9.17, 15) is 5.11 Å². The molecule has 0 radical (unpaired) electrons.